The highest BCUT2D eigenvalue weighted by molar-refractivity contribution is 5.77. The van der Waals surface area contributed by atoms with Crippen LogP contribution < -0.4 is 0 Å². The molecule has 0 spiro atoms. The maximum atomic E-state index is 13.1. The van der Waals surface area contributed by atoms with Gasteiger partial charge >= 0.3 is 36.1 Å². The molecule has 13 heteroatoms. The standard InChI is InChI=1S/C12H14F8O5/c1-23-4-5-24-7(21)2-3-8(22)25-6-10(15,16)12(19,20)11(17,18)9(13)14/h9H,2-6H2,1H3. The van der Waals surface area contributed by atoms with E-state index in [1.165, 1.54) is 7.11 Å². The highest BCUT2D eigenvalue weighted by atomic mass is 19.4. The molecule has 0 aromatic heterocycles. The van der Waals surface area contributed by atoms with E-state index < -0.39 is 55.6 Å². The van der Waals surface area contributed by atoms with E-state index in [4.69, 9.17) is 0 Å². The number of hydrogen-bond acceptors (Lipinski definition) is 5. The minimum absolute atomic E-state index is 0.0375. The second-order valence-electron chi connectivity index (χ2n) is 4.58. The van der Waals surface area contributed by atoms with Gasteiger partial charge < -0.3 is 14.2 Å². The van der Waals surface area contributed by atoms with Crippen LogP contribution in [-0.2, 0) is 23.8 Å². The molecule has 0 atom stereocenters. The van der Waals surface area contributed by atoms with Gasteiger partial charge in [-0.2, -0.15) is 26.3 Å². The van der Waals surface area contributed by atoms with Gasteiger partial charge in [-0.1, -0.05) is 0 Å². The Hall–Kier alpha value is -1.66. The highest BCUT2D eigenvalue weighted by Gasteiger charge is 2.75. The van der Waals surface area contributed by atoms with Crippen LogP contribution in [0.15, 0.2) is 0 Å². The van der Waals surface area contributed by atoms with E-state index >= 15 is 0 Å². The summed E-state index contributed by atoms with van der Waals surface area (Å²) in [6.45, 7) is -2.70. The minimum atomic E-state index is -6.46. The molecule has 0 aliphatic rings. The van der Waals surface area contributed by atoms with E-state index in [-0.39, 0.29) is 13.2 Å². The van der Waals surface area contributed by atoms with E-state index in [1.807, 2.05) is 0 Å². The van der Waals surface area contributed by atoms with Crippen molar-refractivity contribution in [2.45, 2.75) is 37.0 Å². The molecule has 25 heavy (non-hydrogen) atoms. The number of methoxy groups -OCH3 is 1. The largest absolute Gasteiger partial charge is 0.463 e. The molecule has 5 nitrogen and oxygen atoms in total. The fourth-order valence-electron chi connectivity index (χ4n) is 1.23. The van der Waals surface area contributed by atoms with Gasteiger partial charge in [-0.15, -0.1) is 0 Å². The normalized spacial score (nSPS) is 13.0. The first-order valence-corrected chi connectivity index (χ1v) is 6.51. The van der Waals surface area contributed by atoms with E-state index in [0.29, 0.717) is 0 Å². The summed E-state index contributed by atoms with van der Waals surface area (Å²) in [5.74, 6) is -21.1. The smallest absolute Gasteiger partial charge is 0.381 e. The third kappa shape index (κ3) is 6.29. The zero-order valence-electron chi connectivity index (χ0n) is 12.7. The first kappa shape index (κ1) is 23.3. The molecular formula is C12H14F8O5. The molecule has 0 aromatic rings. The molecule has 0 bridgehead atoms. The lowest BCUT2D eigenvalue weighted by molar-refractivity contribution is -0.344. The molecule has 0 aromatic carbocycles. The van der Waals surface area contributed by atoms with E-state index in [0.717, 1.165) is 0 Å². The number of halogens is 8. The molecule has 0 unspecified atom stereocenters. The van der Waals surface area contributed by atoms with Gasteiger partial charge in [0.25, 0.3) is 0 Å². The Morgan fingerprint density at radius 3 is 1.80 bits per heavy atom. The van der Waals surface area contributed by atoms with Crippen molar-refractivity contribution in [3.63, 3.8) is 0 Å². The quantitative estimate of drug-likeness (QED) is 0.308. The van der Waals surface area contributed by atoms with Crippen LogP contribution in [0, 0.1) is 0 Å². The zero-order valence-corrected chi connectivity index (χ0v) is 12.7. The van der Waals surface area contributed by atoms with Crippen LogP contribution in [0.5, 0.6) is 0 Å². The summed E-state index contributed by atoms with van der Waals surface area (Å²) >= 11 is 0. The van der Waals surface area contributed by atoms with Crippen LogP contribution in [-0.4, -0.2) is 63.1 Å². The van der Waals surface area contributed by atoms with Crippen molar-refractivity contribution >= 4 is 11.9 Å². The second kappa shape index (κ2) is 9.15. The summed E-state index contributed by atoms with van der Waals surface area (Å²) in [7, 11) is 1.30. The SMILES string of the molecule is COCCOC(=O)CCC(=O)OCC(F)(F)C(F)(F)C(F)(F)C(F)F. The van der Waals surface area contributed by atoms with Crippen molar-refractivity contribution in [2.24, 2.45) is 0 Å². The average Bonchev–Trinajstić information content (AvgIpc) is 2.50. The number of carbonyl (C=O) groups is 2. The number of rotatable bonds is 11. The molecule has 0 fully saturated rings. The summed E-state index contributed by atoms with van der Waals surface area (Å²) in [4.78, 5) is 22.1. The van der Waals surface area contributed by atoms with Crippen molar-refractivity contribution in [3.05, 3.63) is 0 Å². The van der Waals surface area contributed by atoms with Crippen LogP contribution in [0.3, 0.4) is 0 Å². The summed E-state index contributed by atoms with van der Waals surface area (Å²) in [5, 5.41) is 0. The third-order valence-electron chi connectivity index (χ3n) is 2.65. The summed E-state index contributed by atoms with van der Waals surface area (Å²) < 4.78 is 113. The van der Waals surface area contributed by atoms with Gasteiger partial charge in [0.05, 0.1) is 19.4 Å². The van der Waals surface area contributed by atoms with Crippen molar-refractivity contribution in [1.82, 2.24) is 0 Å². The maximum Gasteiger partial charge on any atom is 0.381 e. The number of alkyl halides is 8. The Morgan fingerprint density at radius 1 is 0.880 bits per heavy atom. The van der Waals surface area contributed by atoms with Crippen LogP contribution in [0.25, 0.3) is 0 Å². The molecule has 0 rings (SSSR count). The van der Waals surface area contributed by atoms with Crippen molar-refractivity contribution in [3.8, 4) is 0 Å². The molecule has 0 aliphatic heterocycles. The molecule has 0 radical (unpaired) electrons. The maximum absolute atomic E-state index is 13.1. The lowest BCUT2D eigenvalue weighted by atomic mass is 10.1. The van der Waals surface area contributed by atoms with E-state index in [2.05, 4.69) is 14.2 Å². The Morgan fingerprint density at radius 2 is 1.36 bits per heavy atom. The third-order valence-corrected chi connectivity index (χ3v) is 2.65. The van der Waals surface area contributed by atoms with Crippen molar-refractivity contribution in [1.29, 1.82) is 0 Å². The first-order valence-electron chi connectivity index (χ1n) is 6.51. The highest BCUT2D eigenvalue weighted by Crippen LogP contribution is 2.48. The lowest BCUT2D eigenvalue weighted by Crippen LogP contribution is -2.59. The van der Waals surface area contributed by atoms with Crippen LogP contribution in [0.2, 0.25) is 0 Å². The Kier molecular flexibility index (Phi) is 8.54. The number of carbonyl (C=O) groups excluding carboxylic acids is 2. The molecule has 0 saturated heterocycles. The number of ether oxygens (including phenoxy) is 3. The Labute approximate surface area is 136 Å². The van der Waals surface area contributed by atoms with E-state index in [9.17, 15) is 44.7 Å². The monoisotopic (exact) mass is 390 g/mol. The molecule has 0 N–H and O–H groups in total. The summed E-state index contributed by atoms with van der Waals surface area (Å²) in [6, 6.07) is 0. The molecule has 148 valence electrons. The lowest BCUT2D eigenvalue weighted by Gasteiger charge is -2.31. The summed E-state index contributed by atoms with van der Waals surface area (Å²) in [5.41, 5.74) is 0. The van der Waals surface area contributed by atoms with Crippen LogP contribution in [0.4, 0.5) is 35.1 Å². The first-order chi connectivity index (χ1) is 11.3. The van der Waals surface area contributed by atoms with Crippen LogP contribution in [0.1, 0.15) is 12.8 Å². The summed E-state index contributed by atoms with van der Waals surface area (Å²) in [6.07, 6.45) is -6.61. The minimum Gasteiger partial charge on any atom is -0.463 e. The number of esters is 2. The second-order valence-corrected chi connectivity index (χ2v) is 4.58. The van der Waals surface area contributed by atoms with Crippen molar-refractivity contribution < 1.29 is 58.9 Å². The Balaban J connectivity index is 4.54. The van der Waals surface area contributed by atoms with Gasteiger partial charge in [0.2, 0.25) is 0 Å². The predicted molar refractivity (Wildman–Crippen MR) is 63.9 cm³/mol. The van der Waals surface area contributed by atoms with Gasteiger partial charge in [-0.25, -0.2) is 8.78 Å². The number of hydrogen-bond donors (Lipinski definition) is 0. The fourth-order valence-corrected chi connectivity index (χ4v) is 1.23. The molecule has 0 heterocycles. The predicted octanol–water partition coefficient (Wildman–Crippen LogP) is 2.67. The molecule has 0 aliphatic carbocycles. The van der Waals surface area contributed by atoms with E-state index in [1.54, 1.807) is 0 Å². The van der Waals surface area contributed by atoms with Gasteiger partial charge in [-0.05, 0) is 0 Å². The van der Waals surface area contributed by atoms with Gasteiger partial charge in [0, 0.05) is 7.11 Å². The van der Waals surface area contributed by atoms with Crippen LogP contribution >= 0.6 is 0 Å². The topological polar surface area (TPSA) is 61.8 Å². The van der Waals surface area contributed by atoms with Gasteiger partial charge in [0.15, 0.2) is 6.61 Å². The molecule has 0 saturated carbocycles. The van der Waals surface area contributed by atoms with Gasteiger partial charge in [-0.3, -0.25) is 9.59 Å². The average molecular weight is 390 g/mol. The molecule has 0 amide bonds. The molecular weight excluding hydrogens is 376 g/mol. The Bertz CT molecular complexity index is 455. The fraction of sp³-hybridized carbons (Fsp3) is 0.833. The van der Waals surface area contributed by atoms with Crippen molar-refractivity contribution in [2.75, 3.05) is 26.9 Å². The van der Waals surface area contributed by atoms with Gasteiger partial charge in [0.1, 0.15) is 6.61 Å². The zero-order chi connectivity index (χ0) is 19.9.